The van der Waals surface area contributed by atoms with Gasteiger partial charge in [0.1, 0.15) is 24.0 Å². The predicted octanol–water partition coefficient (Wildman–Crippen LogP) is 1.86. The van der Waals surface area contributed by atoms with E-state index >= 15 is 0 Å². The van der Waals surface area contributed by atoms with E-state index in [9.17, 15) is 9.59 Å². The van der Waals surface area contributed by atoms with Crippen LogP contribution >= 0.6 is 0 Å². The number of nitrogens with zero attached hydrogens (tertiary/aromatic N) is 3. The first-order valence-electron chi connectivity index (χ1n) is 7.70. The van der Waals surface area contributed by atoms with Crippen molar-refractivity contribution in [2.75, 3.05) is 13.1 Å². The Morgan fingerprint density at radius 1 is 1.36 bits per heavy atom. The zero-order valence-corrected chi connectivity index (χ0v) is 13.3. The number of aromatic nitrogens is 2. The molecule has 3 rings (SSSR count). The molecule has 1 amide bonds. The van der Waals surface area contributed by atoms with Gasteiger partial charge in [-0.1, -0.05) is 6.92 Å². The fourth-order valence-corrected chi connectivity index (χ4v) is 2.89. The van der Waals surface area contributed by atoms with Gasteiger partial charge in [-0.3, -0.25) is 14.2 Å². The molecule has 0 saturated carbocycles. The van der Waals surface area contributed by atoms with Gasteiger partial charge in [0.05, 0.1) is 0 Å². The minimum absolute atomic E-state index is 0.0204. The third-order valence-electron chi connectivity index (χ3n) is 4.60. The maximum absolute atomic E-state index is 12.5. The molecule has 0 radical (unpaired) electrons. The van der Waals surface area contributed by atoms with Crippen LogP contribution in [-0.2, 0) is 11.3 Å². The molecular formula is C16H21N3O3. The van der Waals surface area contributed by atoms with Crippen LogP contribution in [0.5, 0.6) is 0 Å². The molecule has 0 aromatic carbocycles. The summed E-state index contributed by atoms with van der Waals surface area (Å²) in [6.07, 6.45) is 3.45. The molecule has 6 nitrogen and oxygen atoms in total. The molecule has 2 aromatic heterocycles. The highest BCUT2D eigenvalue weighted by atomic mass is 16.3. The second kappa shape index (κ2) is 5.59. The Kier molecular flexibility index (Phi) is 3.76. The topological polar surface area (TPSA) is 68.3 Å². The highest BCUT2D eigenvalue weighted by molar-refractivity contribution is 5.79. The van der Waals surface area contributed by atoms with Crippen LogP contribution in [0.4, 0.5) is 0 Å². The summed E-state index contributed by atoms with van der Waals surface area (Å²) in [5.74, 6) is 1.34. The van der Waals surface area contributed by atoms with Crippen molar-refractivity contribution in [1.29, 1.82) is 0 Å². The number of hydrogen-bond acceptors (Lipinski definition) is 4. The van der Waals surface area contributed by atoms with Crippen molar-refractivity contribution in [2.45, 2.75) is 40.2 Å². The summed E-state index contributed by atoms with van der Waals surface area (Å²) in [5, 5.41) is 0.472. The Bertz CT molecular complexity index is 767. The van der Waals surface area contributed by atoms with Gasteiger partial charge in [-0.15, -0.1) is 0 Å². The van der Waals surface area contributed by atoms with Crippen molar-refractivity contribution in [3.8, 4) is 0 Å². The molecule has 6 heteroatoms. The number of rotatable bonds is 2. The molecule has 1 fully saturated rings. The molecule has 1 aliphatic heterocycles. The van der Waals surface area contributed by atoms with Gasteiger partial charge in [0, 0.05) is 18.7 Å². The smallest absolute Gasteiger partial charge is 0.265 e. The summed E-state index contributed by atoms with van der Waals surface area (Å²) in [5.41, 5.74) is 0.926. The van der Waals surface area contributed by atoms with Crippen LogP contribution in [-0.4, -0.2) is 33.4 Å². The van der Waals surface area contributed by atoms with Gasteiger partial charge in [-0.25, -0.2) is 4.98 Å². The largest absolute Gasteiger partial charge is 0.443 e. The van der Waals surface area contributed by atoms with Gasteiger partial charge in [0.2, 0.25) is 11.6 Å². The summed E-state index contributed by atoms with van der Waals surface area (Å²) in [7, 11) is 0. The van der Waals surface area contributed by atoms with Crippen LogP contribution in [0.3, 0.4) is 0 Å². The summed E-state index contributed by atoms with van der Waals surface area (Å²) >= 11 is 0. The number of carbonyl (C=O) groups excluding carboxylic acids is 1. The van der Waals surface area contributed by atoms with E-state index in [1.807, 2.05) is 11.8 Å². The van der Waals surface area contributed by atoms with Gasteiger partial charge in [0.25, 0.3) is 5.56 Å². The summed E-state index contributed by atoms with van der Waals surface area (Å²) in [6.45, 7) is 7.43. The summed E-state index contributed by atoms with van der Waals surface area (Å²) in [6, 6.07) is 0. The van der Waals surface area contributed by atoms with E-state index in [1.54, 1.807) is 6.92 Å². The fourth-order valence-electron chi connectivity index (χ4n) is 2.89. The Labute approximate surface area is 128 Å². The maximum atomic E-state index is 12.5. The number of furan rings is 1. The lowest BCUT2D eigenvalue weighted by atomic mass is 9.99. The van der Waals surface area contributed by atoms with E-state index in [-0.39, 0.29) is 18.0 Å². The lowest BCUT2D eigenvalue weighted by molar-refractivity contribution is -0.133. The first-order valence-corrected chi connectivity index (χ1v) is 7.70. The standard InChI is InChI=1S/C16H21N3O3/c1-10-4-6-18(7-5-10)13(20)8-19-9-17-15-14(16(19)21)11(2)12(3)22-15/h9-10H,4-8H2,1-3H3. The lowest BCUT2D eigenvalue weighted by Crippen LogP contribution is -2.41. The van der Waals surface area contributed by atoms with Crippen molar-refractivity contribution >= 4 is 17.0 Å². The number of likely N-dealkylation sites (tertiary alicyclic amines) is 1. The average Bonchev–Trinajstić information content (AvgIpc) is 2.78. The number of hydrogen-bond donors (Lipinski definition) is 0. The van der Waals surface area contributed by atoms with E-state index in [2.05, 4.69) is 11.9 Å². The van der Waals surface area contributed by atoms with Crippen molar-refractivity contribution < 1.29 is 9.21 Å². The third kappa shape index (κ3) is 2.53. The van der Waals surface area contributed by atoms with Crippen molar-refractivity contribution in [3.63, 3.8) is 0 Å². The SMILES string of the molecule is Cc1oc2ncn(CC(=O)N3CCC(C)CC3)c(=O)c2c1C. The van der Waals surface area contributed by atoms with Crippen LogP contribution in [0.2, 0.25) is 0 Å². The van der Waals surface area contributed by atoms with Crippen molar-refractivity contribution in [3.05, 3.63) is 28.0 Å². The van der Waals surface area contributed by atoms with Crippen LogP contribution in [0, 0.1) is 19.8 Å². The number of piperidine rings is 1. The van der Waals surface area contributed by atoms with Gasteiger partial charge in [-0.05, 0) is 32.6 Å². The second-order valence-electron chi connectivity index (χ2n) is 6.20. The molecule has 0 bridgehead atoms. The van der Waals surface area contributed by atoms with Gasteiger partial charge >= 0.3 is 0 Å². The first-order chi connectivity index (χ1) is 10.5. The number of aryl methyl sites for hydroxylation is 2. The van der Waals surface area contributed by atoms with E-state index in [0.717, 1.165) is 31.5 Å². The normalized spacial score (nSPS) is 16.4. The molecular weight excluding hydrogens is 282 g/mol. The number of amides is 1. The Balaban J connectivity index is 1.85. The molecule has 2 aromatic rings. The monoisotopic (exact) mass is 303 g/mol. The lowest BCUT2D eigenvalue weighted by Gasteiger charge is -2.30. The van der Waals surface area contributed by atoms with Gasteiger partial charge < -0.3 is 9.32 Å². The predicted molar refractivity (Wildman–Crippen MR) is 82.7 cm³/mol. The maximum Gasteiger partial charge on any atom is 0.265 e. The van der Waals surface area contributed by atoms with Crippen LogP contribution in [0.15, 0.2) is 15.5 Å². The van der Waals surface area contributed by atoms with Gasteiger partial charge in [0.15, 0.2) is 0 Å². The molecule has 0 spiro atoms. The van der Waals surface area contributed by atoms with Gasteiger partial charge in [-0.2, -0.15) is 0 Å². The van der Waals surface area contributed by atoms with Crippen LogP contribution < -0.4 is 5.56 Å². The Morgan fingerprint density at radius 3 is 2.73 bits per heavy atom. The molecule has 3 heterocycles. The van der Waals surface area contributed by atoms with E-state index in [4.69, 9.17) is 4.42 Å². The molecule has 1 saturated heterocycles. The van der Waals surface area contributed by atoms with E-state index < -0.39 is 0 Å². The highest BCUT2D eigenvalue weighted by Gasteiger charge is 2.21. The Hall–Kier alpha value is -2.11. The zero-order chi connectivity index (χ0) is 15.9. The quantitative estimate of drug-likeness (QED) is 0.849. The van der Waals surface area contributed by atoms with Crippen LogP contribution in [0.25, 0.3) is 11.1 Å². The van der Waals surface area contributed by atoms with E-state index in [0.29, 0.717) is 22.8 Å². The van der Waals surface area contributed by atoms with Crippen molar-refractivity contribution in [2.24, 2.45) is 5.92 Å². The molecule has 0 aliphatic carbocycles. The first kappa shape index (κ1) is 14.8. The second-order valence-corrected chi connectivity index (χ2v) is 6.20. The number of fused-ring (bicyclic) bond motifs is 1. The summed E-state index contributed by atoms with van der Waals surface area (Å²) in [4.78, 5) is 30.9. The third-order valence-corrected chi connectivity index (χ3v) is 4.60. The summed E-state index contributed by atoms with van der Waals surface area (Å²) < 4.78 is 6.83. The molecule has 22 heavy (non-hydrogen) atoms. The highest BCUT2D eigenvalue weighted by Crippen LogP contribution is 2.19. The minimum Gasteiger partial charge on any atom is -0.443 e. The van der Waals surface area contributed by atoms with Crippen molar-refractivity contribution in [1.82, 2.24) is 14.5 Å². The molecule has 0 atom stereocenters. The number of carbonyl (C=O) groups is 1. The Morgan fingerprint density at radius 2 is 2.05 bits per heavy atom. The zero-order valence-electron chi connectivity index (χ0n) is 13.3. The fraction of sp³-hybridized carbons (Fsp3) is 0.562. The molecule has 118 valence electrons. The molecule has 0 unspecified atom stereocenters. The molecule has 1 aliphatic rings. The minimum atomic E-state index is -0.210. The van der Waals surface area contributed by atoms with E-state index in [1.165, 1.54) is 10.9 Å². The van der Waals surface area contributed by atoms with Crippen LogP contribution in [0.1, 0.15) is 31.1 Å². The molecule has 0 N–H and O–H groups in total. The average molecular weight is 303 g/mol.